The number of likely N-dealkylation sites (tertiary alicyclic amines) is 1. The van der Waals surface area contributed by atoms with Gasteiger partial charge in [0.2, 0.25) is 0 Å². The molecule has 1 fully saturated rings. The number of pyridine rings is 1. The number of fused-ring (bicyclic) bond motifs is 1. The van der Waals surface area contributed by atoms with Crippen molar-refractivity contribution in [3.63, 3.8) is 0 Å². The Balaban J connectivity index is 1.71. The standard InChI is InChI=1S/C25H29N3O5/c1-3-27(4-2)11-6-12-28-22(18-7-5-10-26-16-18)21(24(30)25(28)31)23(29)17-8-9-19-20(15-17)33-14-13-32-19/h5,7-10,15-16,22,29H,3-4,6,11-14H2,1-2H3/b23-21+/t22-/m0/s1. The number of aliphatic hydroxyl groups excluding tert-OH is 1. The first-order chi connectivity index (χ1) is 16.0. The quantitative estimate of drug-likeness (QED) is 0.375. The fourth-order valence-corrected chi connectivity index (χ4v) is 4.35. The summed E-state index contributed by atoms with van der Waals surface area (Å²) in [5.74, 6) is -0.456. The molecular formula is C25H29N3O5. The van der Waals surface area contributed by atoms with Crippen molar-refractivity contribution in [1.29, 1.82) is 0 Å². The maximum Gasteiger partial charge on any atom is 0.295 e. The van der Waals surface area contributed by atoms with Gasteiger partial charge in [-0.2, -0.15) is 0 Å². The van der Waals surface area contributed by atoms with Gasteiger partial charge in [-0.3, -0.25) is 14.6 Å². The molecule has 0 bridgehead atoms. The number of Topliss-reactive ketones (excluding diaryl/α,β-unsaturated/α-hetero) is 1. The van der Waals surface area contributed by atoms with Crippen LogP contribution >= 0.6 is 0 Å². The van der Waals surface area contributed by atoms with E-state index < -0.39 is 17.7 Å². The van der Waals surface area contributed by atoms with E-state index >= 15 is 0 Å². The van der Waals surface area contributed by atoms with Gasteiger partial charge in [0, 0.05) is 24.5 Å². The topological polar surface area (TPSA) is 92.2 Å². The Morgan fingerprint density at radius 1 is 1.15 bits per heavy atom. The van der Waals surface area contributed by atoms with Crippen LogP contribution in [0.5, 0.6) is 11.5 Å². The van der Waals surface area contributed by atoms with Gasteiger partial charge in [0.15, 0.2) is 11.5 Å². The van der Waals surface area contributed by atoms with Crippen molar-refractivity contribution in [2.45, 2.75) is 26.3 Å². The van der Waals surface area contributed by atoms with Crippen LogP contribution in [0.3, 0.4) is 0 Å². The third-order valence-corrected chi connectivity index (χ3v) is 6.12. The minimum absolute atomic E-state index is 0.0625. The number of carbonyl (C=O) groups is 2. The Hall–Kier alpha value is -3.39. The molecule has 1 saturated heterocycles. The molecule has 4 rings (SSSR count). The van der Waals surface area contributed by atoms with Gasteiger partial charge in [-0.15, -0.1) is 0 Å². The summed E-state index contributed by atoms with van der Waals surface area (Å²) in [6.07, 6.45) is 3.98. The van der Waals surface area contributed by atoms with E-state index in [1.54, 1.807) is 41.6 Å². The first-order valence-corrected chi connectivity index (χ1v) is 11.4. The Labute approximate surface area is 193 Å². The Bertz CT molecular complexity index is 1050. The van der Waals surface area contributed by atoms with Crippen molar-refractivity contribution in [1.82, 2.24) is 14.8 Å². The molecule has 0 radical (unpaired) electrons. The van der Waals surface area contributed by atoms with E-state index in [4.69, 9.17) is 9.47 Å². The summed E-state index contributed by atoms with van der Waals surface area (Å²) in [5.41, 5.74) is 1.14. The highest BCUT2D eigenvalue weighted by atomic mass is 16.6. The van der Waals surface area contributed by atoms with Gasteiger partial charge in [0.1, 0.15) is 19.0 Å². The molecule has 0 unspecified atom stereocenters. The van der Waals surface area contributed by atoms with Crippen molar-refractivity contribution in [2.75, 3.05) is 39.4 Å². The van der Waals surface area contributed by atoms with Crippen LogP contribution in [0, 0.1) is 0 Å². The first kappa shape index (κ1) is 22.8. The lowest BCUT2D eigenvalue weighted by molar-refractivity contribution is -0.140. The lowest BCUT2D eigenvalue weighted by Gasteiger charge is -2.26. The van der Waals surface area contributed by atoms with Crippen molar-refractivity contribution in [2.24, 2.45) is 0 Å². The van der Waals surface area contributed by atoms with Crippen LogP contribution in [0.1, 0.15) is 37.4 Å². The average Bonchev–Trinajstić information content (AvgIpc) is 3.11. The molecule has 33 heavy (non-hydrogen) atoms. The summed E-state index contributed by atoms with van der Waals surface area (Å²) in [4.78, 5) is 34.1. The number of nitrogens with zero attached hydrogens (tertiary/aromatic N) is 3. The van der Waals surface area contributed by atoms with Crippen LogP contribution in [-0.4, -0.2) is 71.0 Å². The van der Waals surface area contributed by atoms with E-state index in [0.717, 1.165) is 26.1 Å². The summed E-state index contributed by atoms with van der Waals surface area (Å²) >= 11 is 0. The number of benzene rings is 1. The third-order valence-electron chi connectivity index (χ3n) is 6.12. The normalized spacial score (nSPS) is 19.4. The number of hydrogen-bond acceptors (Lipinski definition) is 7. The molecule has 1 amide bonds. The molecule has 1 N–H and O–H groups in total. The van der Waals surface area contributed by atoms with E-state index in [-0.39, 0.29) is 11.3 Å². The van der Waals surface area contributed by atoms with Crippen LogP contribution in [-0.2, 0) is 9.59 Å². The third kappa shape index (κ3) is 4.57. The molecule has 8 nitrogen and oxygen atoms in total. The first-order valence-electron chi connectivity index (χ1n) is 11.4. The number of hydrogen-bond donors (Lipinski definition) is 1. The Morgan fingerprint density at radius 2 is 1.91 bits per heavy atom. The highest BCUT2D eigenvalue weighted by Crippen LogP contribution is 2.40. The maximum atomic E-state index is 13.1. The van der Waals surface area contributed by atoms with E-state index in [1.807, 2.05) is 6.07 Å². The second-order valence-electron chi connectivity index (χ2n) is 8.02. The van der Waals surface area contributed by atoms with Crippen molar-refractivity contribution < 1.29 is 24.2 Å². The van der Waals surface area contributed by atoms with Gasteiger partial charge >= 0.3 is 0 Å². The highest BCUT2D eigenvalue weighted by Gasteiger charge is 2.46. The zero-order valence-electron chi connectivity index (χ0n) is 19.0. The second kappa shape index (κ2) is 10.0. The largest absolute Gasteiger partial charge is 0.507 e. The number of rotatable bonds is 8. The summed E-state index contributed by atoms with van der Waals surface area (Å²) in [5, 5.41) is 11.2. The molecule has 1 aromatic heterocycles. The van der Waals surface area contributed by atoms with E-state index in [1.165, 1.54) is 0 Å². The van der Waals surface area contributed by atoms with E-state index in [9.17, 15) is 14.7 Å². The van der Waals surface area contributed by atoms with Crippen LogP contribution in [0.4, 0.5) is 0 Å². The SMILES string of the molecule is CCN(CC)CCCN1C(=O)C(=O)/C(=C(/O)c2ccc3c(c2)OCCO3)[C@@H]1c1cccnc1. The zero-order valence-corrected chi connectivity index (χ0v) is 19.0. The minimum Gasteiger partial charge on any atom is -0.507 e. The van der Waals surface area contributed by atoms with Crippen LogP contribution in [0.2, 0.25) is 0 Å². The van der Waals surface area contributed by atoms with Crippen molar-refractivity contribution in [3.05, 3.63) is 59.4 Å². The fraction of sp³-hybridized carbons (Fsp3) is 0.400. The molecule has 1 aromatic carbocycles. The Morgan fingerprint density at radius 3 is 2.61 bits per heavy atom. The summed E-state index contributed by atoms with van der Waals surface area (Å²) in [6.45, 7) is 8.12. The van der Waals surface area contributed by atoms with Crippen LogP contribution < -0.4 is 9.47 Å². The van der Waals surface area contributed by atoms with E-state index in [2.05, 4.69) is 23.7 Å². The minimum atomic E-state index is -0.705. The molecule has 3 heterocycles. The number of ketones is 1. The van der Waals surface area contributed by atoms with E-state index in [0.29, 0.717) is 42.4 Å². The number of carbonyl (C=O) groups excluding carboxylic acids is 2. The lowest BCUT2D eigenvalue weighted by Crippen LogP contribution is -2.33. The predicted molar refractivity (Wildman–Crippen MR) is 123 cm³/mol. The maximum absolute atomic E-state index is 13.1. The molecule has 1 atom stereocenters. The average molecular weight is 452 g/mol. The summed E-state index contributed by atoms with van der Waals surface area (Å²) < 4.78 is 11.2. The predicted octanol–water partition coefficient (Wildman–Crippen LogP) is 3.01. The monoisotopic (exact) mass is 451 g/mol. The van der Waals surface area contributed by atoms with Crippen molar-refractivity contribution >= 4 is 17.4 Å². The van der Waals surface area contributed by atoms with Crippen LogP contribution in [0.15, 0.2) is 48.3 Å². The highest BCUT2D eigenvalue weighted by molar-refractivity contribution is 6.46. The molecule has 0 saturated carbocycles. The van der Waals surface area contributed by atoms with Crippen molar-refractivity contribution in [3.8, 4) is 11.5 Å². The molecule has 2 aromatic rings. The van der Waals surface area contributed by atoms with Crippen LogP contribution in [0.25, 0.3) is 5.76 Å². The molecule has 2 aliphatic rings. The zero-order chi connectivity index (χ0) is 23.4. The molecule has 2 aliphatic heterocycles. The fourth-order valence-electron chi connectivity index (χ4n) is 4.35. The number of aliphatic hydroxyl groups is 1. The smallest absolute Gasteiger partial charge is 0.295 e. The van der Waals surface area contributed by atoms with Gasteiger partial charge in [-0.1, -0.05) is 19.9 Å². The molecule has 0 aliphatic carbocycles. The van der Waals surface area contributed by atoms with Gasteiger partial charge in [0.05, 0.1) is 11.6 Å². The number of amides is 1. The second-order valence-corrected chi connectivity index (χ2v) is 8.02. The summed E-state index contributed by atoms with van der Waals surface area (Å²) in [6, 6.07) is 7.87. The molecule has 174 valence electrons. The Kier molecular flexibility index (Phi) is 6.93. The van der Waals surface area contributed by atoms with Gasteiger partial charge in [-0.05, 0) is 55.9 Å². The van der Waals surface area contributed by atoms with Gasteiger partial charge in [0.25, 0.3) is 11.7 Å². The lowest BCUT2D eigenvalue weighted by atomic mass is 9.96. The number of ether oxygens (including phenoxy) is 2. The van der Waals surface area contributed by atoms with Gasteiger partial charge in [-0.25, -0.2) is 0 Å². The molecule has 0 spiro atoms. The number of aromatic nitrogens is 1. The van der Waals surface area contributed by atoms with Gasteiger partial charge < -0.3 is 24.4 Å². The molecular weight excluding hydrogens is 422 g/mol. The molecule has 8 heteroatoms. The summed E-state index contributed by atoms with van der Waals surface area (Å²) in [7, 11) is 0.